The quantitative estimate of drug-likeness (QED) is 0.495. The maximum absolute atomic E-state index is 13.1. The molecule has 0 atom stereocenters. The SMILES string of the molecule is O=C(Nc1nc2ccccc2[nH]1)c1cc(-c2cccnc2)nc2ccccc12. The zero-order valence-corrected chi connectivity index (χ0v) is 14.8. The number of hydrogen-bond acceptors (Lipinski definition) is 4. The summed E-state index contributed by atoms with van der Waals surface area (Å²) in [5.41, 5.74) is 4.50. The summed E-state index contributed by atoms with van der Waals surface area (Å²) in [5.74, 6) is 0.165. The van der Waals surface area contributed by atoms with Crippen molar-refractivity contribution in [3.05, 3.63) is 84.7 Å². The van der Waals surface area contributed by atoms with Crippen LogP contribution < -0.4 is 5.32 Å². The fraction of sp³-hybridized carbons (Fsp3) is 0. The van der Waals surface area contributed by atoms with Gasteiger partial charge in [-0.15, -0.1) is 0 Å². The number of H-pyrrole nitrogens is 1. The van der Waals surface area contributed by atoms with E-state index in [-0.39, 0.29) is 5.91 Å². The standard InChI is InChI=1S/C22H15N5O/c28-21(27-22-25-18-9-3-4-10-19(18)26-22)16-12-20(14-6-5-11-23-13-14)24-17-8-2-1-7-15(16)17/h1-13H,(H2,25,26,27,28). The maximum atomic E-state index is 13.1. The van der Waals surface area contributed by atoms with E-state index in [1.165, 1.54) is 0 Å². The Kier molecular flexibility index (Phi) is 3.80. The van der Waals surface area contributed by atoms with Gasteiger partial charge >= 0.3 is 0 Å². The molecule has 0 aliphatic carbocycles. The van der Waals surface area contributed by atoms with Crippen molar-refractivity contribution < 1.29 is 4.79 Å². The van der Waals surface area contributed by atoms with Gasteiger partial charge in [-0.1, -0.05) is 30.3 Å². The average molecular weight is 365 g/mol. The van der Waals surface area contributed by atoms with Crippen LogP contribution in [0.5, 0.6) is 0 Å². The molecule has 2 N–H and O–H groups in total. The minimum absolute atomic E-state index is 0.247. The number of aromatic nitrogens is 4. The number of aromatic amines is 1. The van der Waals surface area contributed by atoms with E-state index >= 15 is 0 Å². The third-order valence-electron chi connectivity index (χ3n) is 4.54. The van der Waals surface area contributed by atoms with Gasteiger partial charge < -0.3 is 4.98 Å². The summed E-state index contributed by atoms with van der Waals surface area (Å²) in [4.78, 5) is 29.5. The smallest absolute Gasteiger partial charge is 0.258 e. The summed E-state index contributed by atoms with van der Waals surface area (Å²) >= 11 is 0. The second-order valence-corrected chi connectivity index (χ2v) is 6.37. The molecule has 6 heteroatoms. The molecule has 2 aromatic carbocycles. The van der Waals surface area contributed by atoms with Crippen molar-refractivity contribution in [2.45, 2.75) is 0 Å². The summed E-state index contributed by atoms with van der Waals surface area (Å²) in [5, 5.41) is 3.65. The summed E-state index contributed by atoms with van der Waals surface area (Å²) in [7, 11) is 0. The molecule has 0 aliphatic heterocycles. The number of anilines is 1. The zero-order valence-electron chi connectivity index (χ0n) is 14.8. The number of rotatable bonds is 3. The van der Waals surface area contributed by atoms with Crippen LogP contribution in [-0.2, 0) is 0 Å². The molecule has 5 rings (SSSR count). The van der Waals surface area contributed by atoms with Crippen LogP contribution in [-0.4, -0.2) is 25.8 Å². The molecule has 3 aromatic heterocycles. The predicted octanol–water partition coefficient (Wildman–Crippen LogP) is 4.43. The minimum Gasteiger partial charge on any atom is -0.324 e. The van der Waals surface area contributed by atoms with E-state index in [0.717, 1.165) is 27.5 Å². The first-order valence-corrected chi connectivity index (χ1v) is 8.84. The Morgan fingerprint density at radius 1 is 0.893 bits per heavy atom. The molecule has 0 saturated heterocycles. The molecule has 0 aliphatic rings. The third-order valence-corrected chi connectivity index (χ3v) is 4.54. The lowest BCUT2D eigenvalue weighted by molar-refractivity contribution is 0.102. The van der Waals surface area contributed by atoms with Crippen LogP contribution in [0.25, 0.3) is 33.2 Å². The van der Waals surface area contributed by atoms with Crippen molar-refractivity contribution in [1.82, 2.24) is 19.9 Å². The molecular weight excluding hydrogens is 350 g/mol. The third kappa shape index (κ3) is 2.87. The first-order chi connectivity index (χ1) is 13.8. The number of benzene rings is 2. The van der Waals surface area contributed by atoms with Gasteiger partial charge in [0, 0.05) is 23.3 Å². The number of nitrogens with one attached hydrogen (secondary N) is 2. The summed E-state index contributed by atoms with van der Waals surface area (Å²) in [6, 6.07) is 20.8. The number of carbonyl (C=O) groups excluding carboxylic acids is 1. The Hall–Kier alpha value is -4.06. The van der Waals surface area contributed by atoms with Crippen molar-refractivity contribution in [1.29, 1.82) is 0 Å². The Morgan fingerprint density at radius 2 is 1.71 bits per heavy atom. The van der Waals surface area contributed by atoms with Crippen molar-refractivity contribution in [2.24, 2.45) is 0 Å². The number of hydrogen-bond donors (Lipinski definition) is 2. The lowest BCUT2D eigenvalue weighted by Crippen LogP contribution is -2.14. The molecule has 0 fully saturated rings. The van der Waals surface area contributed by atoms with E-state index in [0.29, 0.717) is 17.2 Å². The van der Waals surface area contributed by atoms with E-state index in [4.69, 9.17) is 0 Å². The van der Waals surface area contributed by atoms with Crippen molar-refractivity contribution in [3.63, 3.8) is 0 Å². The molecule has 0 saturated carbocycles. The van der Waals surface area contributed by atoms with Gasteiger partial charge in [0.2, 0.25) is 5.95 Å². The highest BCUT2D eigenvalue weighted by molar-refractivity contribution is 6.12. The molecule has 0 spiro atoms. The molecule has 134 valence electrons. The Balaban J connectivity index is 1.59. The van der Waals surface area contributed by atoms with Crippen LogP contribution in [0.1, 0.15) is 10.4 Å². The van der Waals surface area contributed by atoms with Gasteiger partial charge in [0.1, 0.15) is 0 Å². The van der Waals surface area contributed by atoms with Crippen LogP contribution in [0.3, 0.4) is 0 Å². The van der Waals surface area contributed by atoms with Crippen LogP contribution in [0.4, 0.5) is 5.95 Å². The molecule has 3 heterocycles. The van der Waals surface area contributed by atoms with Crippen LogP contribution >= 0.6 is 0 Å². The first-order valence-electron chi connectivity index (χ1n) is 8.84. The highest BCUT2D eigenvalue weighted by Crippen LogP contribution is 2.25. The monoisotopic (exact) mass is 365 g/mol. The Bertz CT molecular complexity index is 1280. The predicted molar refractivity (Wildman–Crippen MR) is 109 cm³/mol. The zero-order chi connectivity index (χ0) is 18.9. The van der Waals surface area contributed by atoms with E-state index in [1.54, 1.807) is 18.5 Å². The number of para-hydroxylation sites is 3. The first kappa shape index (κ1) is 16.1. The second kappa shape index (κ2) is 6.59. The highest BCUT2D eigenvalue weighted by atomic mass is 16.1. The van der Waals surface area contributed by atoms with Crippen LogP contribution in [0.2, 0.25) is 0 Å². The Morgan fingerprint density at radius 3 is 2.54 bits per heavy atom. The van der Waals surface area contributed by atoms with Crippen LogP contribution in [0, 0.1) is 0 Å². The Labute approximate surface area is 160 Å². The summed E-state index contributed by atoms with van der Waals surface area (Å²) < 4.78 is 0. The molecule has 28 heavy (non-hydrogen) atoms. The summed E-state index contributed by atoms with van der Waals surface area (Å²) in [6.45, 7) is 0. The molecule has 5 aromatic rings. The number of carbonyl (C=O) groups is 1. The van der Waals surface area contributed by atoms with E-state index < -0.39 is 0 Å². The van der Waals surface area contributed by atoms with Crippen molar-refractivity contribution in [2.75, 3.05) is 5.32 Å². The normalized spacial score (nSPS) is 11.0. The lowest BCUT2D eigenvalue weighted by atomic mass is 10.0. The van der Waals surface area contributed by atoms with E-state index in [1.807, 2.05) is 60.7 Å². The lowest BCUT2D eigenvalue weighted by Gasteiger charge is -2.09. The van der Waals surface area contributed by atoms with Gasteiger partial charge in [-0.2, -0.15) is 0 Å². The van der Waals surface area contributed by atoms with Gasteiger partial charge in [-0.25, -0.2) is 9.97 Å². The number of fused-ring (bicyclic) bond motifs is 2. The molecule has 6 nitrogen and oxygen atoms in total. The average Bonchev–Trinajstić information content (AvgIpc) is 3.15. The highest BCUT2D eigenvalue weighted by Gasteiger charge is 2.15. The van der Waals surface area contributed by atoms with Gasteiger partial charge in [-0.3, -0.25) is 15.1 Å². The number of pyridine rings is 2. The summed E-state index contributed by atoms with van der Waals surface area (Å²) in [6.07, 6.45) is 3.44. The molecule has 1 amide bonds. The van der Waals surface area contributed by atoms with Gasteiger partial charge in [0.15, 0.2) is 0 Å². The van der Waals surface area contributed by atoms with E-state index in [2.05, 4.69) is 25.3 Å². The van der Waals surface area contributed by atoms with Gasteiger partial charge in [0.25, 0.3) is 5.91 Å². The molecular formula is C22H15N5O. The van der Waals surface area contributed by atoms with Crippen molar-refractivity contribution >= 4 is 33.8 Å². The molecule has 0 unspecified atom stereocenters. The van der Waals surface area contributed by atoms with Gasteiger partial charge in [0.05, 0.1) is 27.8 Å². The largest absolute Gasteiger partial charge is 0.324 e. The second-order valence-electron chi connectivity index (χ2n) is 6.37. The van der Waals surface area contributed by atoms with E-state index in [9.17, 15) is 4.79 Å². The van der Waals surface area contributed by atoms with Crippen molar-refractivity contribution in [3.8, 4) is 11.3 Å². The van der Waals surface area contributed by atoms with Crippen LogP contribution in [0.15, 0.2) is 79.1 Å². The minimum atomic E-state index is -0.247. The van der Waals surface area contributed by atoms with Gasteiger partial charge in [-0.05, 0) is 36.4 Å². The fourth-order valence-electron chi connectivity index (χ4n) is 3.21. The number of nitrogens with zero attached hydrogens (tertiary/aromatic N) is 3. The topological polar surface area (TPSA) is 83.6 Å². The maximum Gasteiger partial charge on any atom is 0.258 e. The number of imidazole rings is 1. The molecule has 0 bridgehead atoms. The molecule has 0 radical (unpaired) electrons. The fourth-order valence-corrected chi connectivity index (χ4v) is 3.21. The number of amides is 1.